The summed E-state index contributed by atoms with van der Waals surface area (Å²) >= 11 is 0. The van der Waals surface area contributed by atoms with Crippen LogP contribution in [0.3, 0.4) is 0 Å². The fraction of sp³-hybridized carbons (Fsp3) is 0.429. The Morgan fingerprint density at radius 1 is 1.25 bits per heavy atom. The summed E-state index contributed by atoms with van der Waals surface area (Å²) in [5, 5.41) is 5.41. The molecule has 6 heteroatoms. The van der Waals surface area contributed by atoms with E-state index in [1.54, 1.807) is 7.11 Å². The molecule has 0 saturated heterocycles. The molecule has 0 aromatic heterocycles. The van der Waals surface area contributed by atoms with E-state index >= 15 is 0 Å². The highest BCUT2D eigenvalue weighted by molar-refractivity contribution is 5.74. The van der Waals surface area contributed by atoms with Gasteiger partial charge in [0.2, 0.25) is 5.91 Å². The normalized spacial score (nSPS) is 9.85. The zero-order valence-electron chi connectivity index (χ0n) is 11.6. The standard InChI is InChI=1S/C14H21N3O3/c1-20-12-5-2-4-11(10-12)7-9-17-14(19)16-8-3-6-13(15)18/h2,4-5,10H,3,6-9H2,1H3,(H2,15,18)(H2,16,17,19). The molecule has 0 spiro atoms. The predicted octanol–water partition coefficient (Wildman–Crippen LogP) is 0.802. The van der Waals surface area contributed by atoms with E-state index in [0.29, 0.717) is 19.5 Å². The van der Waals surface area contributed by atoms with Crippen molar-refractivity contribution in [2.45, 2.75) is 19.3 Å². The van der Waals surface area contributed by atoms with Gasteiger partial charge < -0.3 is 21.1 Å². The van der Waals surface area contributed by atoms with Crippen LogP contribution in [0.25, 0.3) is 0 Å². The fourth-order valence-electron chi connectivity index (χ4n) is 1.68. The molecule has 20 heavy (non-hydrogen) atoms. The molecular weight excluding hydrogens is 258 g/mol. The zero-order chi connectivity index (χ0) is 14.8. The van der Waals surface area contributed by atoms with Gasteiger partial charge >= 0.3 is 6.03 Å². The van der Waals surface area contributed by atoms with Crippen LogP contribution in [-0.2, 0) is 11.2 Å². The summed E-state index contributed by atoms with van der Waals surface area (Å²) < 4.78 is 5.13. The highest BCUT2D eigenvalue weighted by atomic mass is 16.5. The molecule has 0 unspecified atom stereocenters. The molecule has 1 aromatic carbocycles. The summed E-state index contributed by atoms with van der Waals surface area (Å²) in [5.74, 6) is 0.448. The number of urea groups is 1. The van der Waals surface area contributed by atoms with Gasteiger partial charge in [-0.1, -0.05) is 12.1 Å². The molecule has 0 saturated carbocycles. The van der Waals surface area contributed by atoms with Gasteiger partial charge in [-0.3, -0.25) is 4.79 Å². The molecule has 3 amide bonds. The molecule has 0 aliphatic heterocycles. The van der Waals surface area contributed by atoms with Gasteiger partial charge in [0.1, 0.15) is 5.75 Å². The van der Waals surface area contributed by atoms with Crippen LogP contribution in [-0.4, -0.2) is 32.1 Å². The summed E-state index contributed by atoms with van der Waals surface area (Å²) in [7, 11) is 1.62. The minimum Gasteiger partial charge on any atom is -0.497 e. The maximum absolute atomic E-state index is 11.4. The van der Waals surface area contributed by atoms with Crippen LogP contribution in [0.5, 0.6) is 5.75 Å². The number of carbonyl (C=O) groups excluding carboxylic acids is 2. The number of carbonyl (C=O) groups is 2. The van der Waals surface area contributed by atoms with Gasteiger partial charge in [-0.2, -0.15) is 0 Å². The molecule has 0 bridgehead atoms. The SMILES string of the molecule is COc1cccc(CCNC(=O)NCCCC(N)=O)c1. The van der Waals surface area contributed by atoms with Crippen LogP contribution in [0.1, 0.15) is 18.4 Å². The monoisotopic (exact) mass is 279 g/mol. The van der Waals surface area contributed by atoms with E-state index in [-0.39, 0.29) is 18.4 Å². The highest BCUT2D eigenvalue weighted by Crippen LogP contribution is 2.12. The van der Waals surface area contributed by atoms with Crippen molar-refractivity contribution in [3.05, 3.63) is 29.8 Å². The Morgan fingerprint density at radius 2 is 2.00 bits per heavy atom. The molecule has 1 aromatic rings. The van der Waals surface area contributed by atoms with Crippen LogP contribution < -0.4 is 21.1 Å². The van der Waals surface area contributed by atoms with E-state index in [0.717, 1.165) is 17.7 Å². The molecule has 0 radical (unpaired) electrons. The van der Waals surface area contributed by atoms with Crippen LogP contribution in [0.2, 0.25) is 0 Å². The number of nitrogens with two attached hydrogens (primary N) is 1. The molecule has 0 fully saturated rings. The second-order valence-electron chi connectivity index (χ2n) is 4.35. The largest absolute Gasteiger partial charge is 0.497 e. The lowest BCUT2D eigenvalue weighted by Gasteiger charge is -2.08. The van der Waals surface area contributed by atoms with E-state index < -0.39 is 0 Å². The van der Waals surface area contributed by atoms with Crippen molar-refractivity contribution in [1.82, 2.24) is 10.6 Å². The molecule has 0 aliphatic rings. The van der Waals surface area contributed by atoms with Crippen molar-refractivity contribution in [1.29, 1.82) is 0 Å². The Labute approximate surface area is 118 Å². The van der Waals surface area contributed by atoms with Crippen LogP contribution in [0.15, 0.2) is 24.3 Å². The van der Waals surface area contributed by atoms with Crippen LogP contribution in [0.4, 0.5) is 4.79 Å². The first-order valence-electron chi connectivity index (χ1n) is 6.54. The predicted molar refractivity (Wildman–Crippen MR) is 76.5 cm³/mol. The van der Waals surface area contributed by atoms with Crippen LogP contribution in [0, 0.1) is 0 Å². The van der Waals surface area contributed by atoms with E-state index in [1.165, 1.54) is 0 Å². The summed E-state index contributed by atoms with van der Waals surface area (Å²) in [6.07, 6.45) is 1.56. The zero-order valence-corrected chi connectivity index (χ0v) is 11.6. The molecule has 4 N–H and O–H groups in total. The highest BCUT2D eigenvalue weighted by Gasteiger charge is 2.01. The topological polar surface area (TPSA) is 93.4 Å². The number of rotatable bonds is 8. The van der Waals surface area contributed by atoms with Crippen molar-refractivity contribution in [3.8, 4) is 5.75 Å². The van der Waals surface area contributed by atoms with Crippen molar-refractivity contribution < 1.29 is 14.3 Å². The molecule has 6 nitrogen and oxygen atoms in total. The lowest BCUT2D eigenvalue weighted by molar-refractivity contribution is -0.118. The summed E-state index contributed by atoms with van der Waals surface area (Å²) in [5.41, 5.74) is 6.10. The number of benzene rings is 1. The average Bonchev–Trinajstić information content (AvgIpc) is 2.43. The number of hydrogen-bond donors (Lipinski definition) is 3. The fourth-order valence-corrected chi connectivity index (χ4v) is 1.68. The lowest BCUT2D eigenvalue weighted by atomic mass is 10.1. The third kappa shape index (κ3) is 6.63. The van der Waals surface area contributed by atoms with Gasteiger partial charge in [-0.25, -0.2) is 4.79 Å². The van der Waals surface area contributed by atoms with Crippen molar-refractivity contribution in [2.24, 2.45) is 5.73 Å². The van der Waals surface area contributed by atoms with Gasteiger partial charge in [0, 0.05) is 19.5 Å². The minimum atomic E-state index is -0.356. The van der Waals surface area contributed by atoms with E-state index in [4.69, 9.17) is 10.5 Å². The molecule has 1 rings (SSSR count). The van der Waals surface area contributed by atoms with Crippen molar-refractivity contribution >= 4 is 11.9 Å². The Balaban J connectivity index is 2.16. The first-order chi connectivity index (χ1) is 9.61. The van der Waals surface area contributed by atoms with Gasteiger partial charge in [0.25, 0.3) is 0 Å². The lowest BCUT2D eigenvalue weighted by Crippen LogP contribution is -2.37. The van der Waals surface area contributed by atoms with Crippen molar-refractivity contribution in [2.75, 3.05) is 20.2 Å². The van der Waals surface area contributed by atoms with Crippen molar-refractivity contribution in [3.63, 3.8) is 0 Å². The summed E-state index contributed by atoms with van der Waals surface area (Å²) in [4.78, 5) is 21.9. The third-order valence-electron chi connectivity index (χ3n) is 2.72. The smallest absolute Gasteiger partial charge is 0.314 e. The number of nitrogens with one attached hydrogen (secondary N) is 2. The quantitative estimate of drug-likeness (QED) is 0.614. The minimum absolute atomic E-state index is 0.239. The second-order valence-corrected chi connectivity index (χ2v) is 4.35. The number of ether oxygens (including phenoxy) is 1. The molecule has 0 atom stereocenters. The second kappa shape index (κ2) is 8.79. The first kappa shape index (κ1) is 15.8. The maximum Gasteiger partial charge on any atom is 0.314 e. The Hall–Kier alpha value is -2.24. The average molecular weight is 279 g/mol. The van der Waals surface area contributed by atoms with Gasteiger partial charge in [0.15, 0.2) is 0 Å². The molecule has 0 heterocycles. The third-order valence-corrected chi connectivity index (χ3v) is 2.72. The maximum atomic E-state index is 11.4. The van der Waals surface area contributed by atoms with Crippen LogP contribution >= 0.6 is 0 Å². The number of amides is 3. The van der Waals surface area contributed by atoms with Gasteiger partial charge in [0.05, 0.1) is 7.11 Å². The molecular formula is C14H21N3O3. The number of primary amides is 1. The Bertz CT molecular complexity index is 449. The Morgan fingerprint density at radius 3 is 2.70 bits per heavy atom. The van der Waals surface area contributed by atoms with Gasteiger partial charge in [-0.05, 0) is 30.5 Å². The Kier molecular flexibility index (Phi) is 6.95. The summed E-state index contributed by atoms with van der Waals surface area (Å²) in [6, 6.07) is 7.47. The number of hydrogen-bond acceptors (Lipinski definition) is 3. The summed E-state index contributed by atoms with van der Waals surface area (Å²) in [6.45, 7) is 0.975. The molecule has 110 valence electrons. The van der Waals surface area contributed by atoms with E-state index in [9.17, 15) is 9.59 Å². The first-order valence-corrected chi connectivity index (χ1v) is 6.54. The van der Waals surface area contributed by atoms with E-state index in [2.05, 4.69) is 10.6 Å². The molecule has 0 aliphatic carbocycles. The van der Waals surface area contributed by atoms with Gasteiger partial charge in [-0.15, -0.1) is 0 Å². The van der Waals surface area contributed by atoms with E-state index in [1.807, 2.05) is 24.3 Å². The number of methoxy groups -OCH3 is 1.